The van der Waals surface area contributed by atoms with Gasteiger partial charge in [0.1, 0.15) is 5.60 Å². The minimum atomic E-state index is -0.457. The molecule has 0 bridgehead atoms. The van der Waals surface area contributed by atoms with Gasteiger partial charge in [-0.05, 0) is 46.5 Å². The predicted molar refractivity (Wildman–Crippen MR) is 89.0 cm³/mol. The average molecular weight is 320 g/mol. The lowest BCUT2D eigenvalue weighted by Gasteiger charge is -2.23. The van der Waals surface area contributed by atoms with Crippen molar-refractivity contribution < 1.29 is 9.53 Å². The van der Waals surface area contributed by atoms with E-state index >= 15 is 0 Å². The molecule has 23 heavy (non-hydrogen) atoms. The van der Waals surface area contributed by atoms with Gasteiger partial charge in [-0.3, -0.25) is 9.97 Å². The minimum absolute atomic E-state index is 0.340. The Morgan fingerprint density at radius 1 is 1.30 bits per heavy atom. The maximum Gasteiger partial charge on any atom is 0.407 e. The topological polar surface area (TPSA) is 76.1 Å². The van der Waals surface area contributed by atoms with Gasteiger partial charge in [0.05, 0.1) is 11.4 Å². The molecule has 1 heterocycles. The number of carbonyl (C=O) groups excluding carboxylic acids is 1. The Balaban J connectivity index is 1.76. The maximum absolute atomic E-state index is 11.8. The van der Waals surface area contributed by atoms with Crippen LogP contribution in [0.5, 0.6) is 0 Å². The fourth-order valence-corrected chi connectivity index (χ4v) is 2.82. The van der Waals surface area contributed by atoms with Crippen LogP contribution in [0.2, 0.25) is 0 Å². The summed E-state index contributed by atoms with van der Waals surface area (Å²) in [5, 5.41) is 6.43. The van der Waals surface area contributed by atoms with Gasteiger partial charge in [-0.2, -0.15) is 0 Å². The maximum atomic E-state index is 11.8. The number of carbonyl (C=O) groups is 1. The second-order valence-corrected chi connectivity index (χ2v) is 7.21. The molecule has 0 spiro atoms. The van der Waals surface area contributed by atoms with Crippen molar-refractivity contribution in [3.8, 4) is 0 Å². The van der Waals surface area contributed by atoms with Crippen molar-refractivity contribution in [2.75, 3.05) is 6.54 Å². The first kappa shape index (κ1) is 17.7. The molecule has 2 rings (SSSR count). The smallest absolute Gasteiger partial charge is 0.407 e. The average Bonchev–Trinajstić information content (AvgIpc) is 2.90. The standard InChI is InChI=1S/C17H28N4O2/c1-12-8-19-14(10-18-12)11-20-15-7-5-6-13(15)9-21-16(22)23-17(2,3)4/h8,10,13,15,20H,5-7,9,11H2,1-4H3,(H,21,22). The molecule has 1 aliphatic rings. The van der Waals surface area contributed by atoms with Crippen LogP contribution in [0.4, 0.5) is 4.79 Å². The number of rotatable bonds is 5. The van der Waals surface area contributed by atoms with E-state index in [1.165, 1.54) is 6.42 Å². The van der Waals surface area contributed by atoms with E-state index < -0.39 is 5.60 Å². The Morgan fingerprint density at radius 2 is 2.09 bits per heavy atom. The molecule has 128 valence electrons. The number of hydrogen-bond acceptors (Lipinski definition) is 5. The van der Waals surface area contributed by atoms with Crippen LogP contribution in [0.3, 0.4) is 0 Å². The molecule has 1 aromatic rings. The monoisotopic (exact) mass is 320 g/mol. The normalized spacial score (nSPS) is 21.2. The van der Waals surface area contributed by atoms with Gasteiger partial charge < -0.3 is 15.4 Å². The highest BCUT2D eigenvalue weighted by molar-refractivity contribution is 5.67. The first-order chi connectivity index (χ1) is 10.8. The van der Waals surface area contributed by atoms with E-state index in [-0.39, 0.29) is 6.09 Å². The molecule has 0 aromatic carbocycles. The fraction of sp³-hybridized carbons (Fsp3) is 0.706. The lowest BCUT2D eigenvalue weighted by atomic mass is 10.0. The van der Waals surface area contributed by atoms with Crippen LogP contribution in [0.15, 0.2) is 12.4 Å². The van der Waals surface area contributed by atoms with Crippen LogP contribution >= 0.6 is 0 Å². The zero-order chi connectivity index (χ0) is 16.9. The summed E-state index contributed by atoms with van der Waals surface area (Å²) >= 11 is 0. The van der Waals surface area contributed by atoms with Crippen molar-refractivity contribution in [3.05, 3.63) is 23.8 Å². The highest BCUT2D eigenvalue weighted by atomic mass is 16.6. The van der Waals surface area contributed by atoms with Crippen LogP contribution in [-0.2, 0) is 11.3 Å². The molecule has 1 saturated carbocycles. The Labute approximate surface area is 138 Å². The number of amides is 1. The van der Waals surface area contributed by atoms with Gasteiger partial charge in [-0.25, -0.2) is 4.79 Å². The zero-order valence-corrected chi connectivity index (χ0v) is 14.6. The molecule has 1 amide bonds. The number of ether oxygens (including phenoxy) is 1. The predicted octanol–water partition coefficient (Wildman–Crippen LogP) is 2.57. The van der Waals surface area contributed by atoms with Gasteiger partial charge in [0, 0.05) is 31.5 Å². The van der Waals surface area contributed by atoms with Crippen molar-refractivity contribution >= 4 is 6.09 Å². The van der Waals surface area contributed by atoms with E-state index in [4.69, 9.17) is 4.74 Å². The Kier molecular flexibility index (Phi) is 5.93. The van der Waals surface area contributed by atoms with E-state index in [0.717, 1.165) is 24.2 Å². The first-order valence-electron chi connectivity index (χ1n) is 8.31. The molecule has 0 radical (unpaired) electrons. The third-order valence-corrected chi connectivity index (χ3v) is 3.95. The summed E-state index contributed by atoms with van der Waals surface area (Å²) in [5.41, 5.74) is 1.41. The minimum Gasteiger partial charge on any atom is -0.444 e. The van der Waals surface area contributed by atoms with Crippen LogP contribution in [-0.4, -0.2) is 34.2 Å². The summed E-state index contributed by atoms with van der Waals surface area (Å²) in [6.45, 7) is 8.89. The summed E-state index contributed by atoms with van der Waals surface area (Å²) in [5.74, 6) is 0.431. The summed E-state index contributed by atoms with van der Waals surface area (Å²) in [6.07, 6.45) is 6.68. The molecule has 1 fully saturated rings. The summed E-state index contributed by atoms with van der Waals surface area (Å²) in [4.78, 5) is 20.4. The van der Waals surface area contributed by atoms with E-state index in [1.54, 1.807) is 6.20 Å². The first-order valence-corrected chi connectivity index (χ1v) is 8.31. The van der Waals surface area contributed by atoms with E-state index in [9.17, 15) is 4.79 Å². The summed E-state index contributed by atoms with van der Waals surface area (Å²) < 4.78 is 5.28. The molecule has 0 aliphatic heterocycles. The number of hydrogen-bond donors (Lipinski definition) is 2. The van der Waals surface area contributed by atoms with Gasteiger partial charge in [0.2, 0.25) is 0 Å². The SMILES string of the molecule is Cc1cnc(CNC2CCCC2CNC(=O)OC(C)(C)C)cn1. The van der Waals surface area contributed by atoms with E-state index in [0.29, 0.717) is 25.0 Å². The number of aryl methyl sites for hydroxylation is 1. The van der Waals surface area contributed by atoms with E-state index in [2.05, 4.69) is 20.6 Å². The second-order valence-electron chi connectivity index (χ2n) is 7.21. The Morgan fingerprint density at radius 3 is 2.74 bits per heavy atom. The van der Waals surface area contributed by atoms with Crippen LogP contribution in [0.1, 0.15) is 51.4 Å². The molecule has 2 unspecified atom stereocenters. The van der Waals surface area contributed by atoms with Crippen LogP contribution < -0.4 is 10.6 Å². The second kappa shape index (κ2) is 7.73. The van der Waals surface area contributed by atoms with E-state index in [1.807, 2.05) is 33.9 Å². The molecular formula is C17H28N4O2. The Hall–Kier alpha value is -1.69. The molecule has 2 atom stereocenters. The van der Waals surface area contributed by atoms with Gasteiger partial charge in [0.25, 0.3) is 0 Å². The van der Waals surface area contributed by atoms with Crippen LogP contribution in [0, 0.1) is 12.8 Å². The van der Waals surface area contributed by atoms with Crippen molar-refractivity contribution in [2.24, 2.45) is 5.92 Å². The van der Waals surface area contributed by atoms with Crippen molar-refractivity contribution in [1.29, 1.82) is 0 Å². The highest BCUT2D eigenvalue weighted by Gasteiger charge is 2.27. The van der Waals surface area contributed by atoms with Crippen LogP contribution in [0.25, 0.3) is 0 Å². The van der Waals surface area contributed by atoms with Gasteiger partial charge in [-0.1, -0.05) is 6.42 Å². The largest absolute Gasteiger partial charge is 0.444 e. The van der Waals surface area contributed by atoms with Crippen molar-refractivity contribution in [3.63, 3.8) is 0 Å². The number of aromatic nitrogens is 2. The third kappa shape index (κ3) is 6.14. The Bertz CT molecular complexity index is 510. The number of nitrogens with one attached hydrogen (secondary N) is 2. The van der Waals surface area contributed by atoms with Gasteiger partial charge in [0.15, 0.2) is 0 Å². The molecule has 2 N–H and O–H groups in total. The molecule has 1 aromatic heterocycles. The molecule has 6 heteroatoms. The lowest BCUT2D eigenvalue weighted by molar-refractivity contribution is 0.0517. The van der Waals surface area contributed by atoms with Gasteiger partial charge >= 0.3 is 6.09 Å². The van der Waals surface area contributed by atoms with Crippen molar-refractivity contribution in [1.82, 2.24) is 20.6 Å². The quantitative estimate of drug-likeness (QED) is 0.872. The lowest BCUT2D eigenvalue weighted by Crippen LogP contribution is -2.40. The van der Waals surface area contributed by atoms with Gasteiger partial charge in [-0.15, -0.1) is 0 Å². The molecule has 1 aliphatic carbocycles. The summed E-state index contributed by atoms with van der Waals surface area (Å²) in [6, 6.07) is 0.396. The van der Waals surface area contributed by atoms with Crippen molar-refractivity contribution in [2.45, 2.75) is 65.1 Å². The fourth-order valence-electron chi connectivity index (χ4n) is 2.82. The highest BCUT2D eigenvalue weighted by Crippen LogP contribution is 2.25. The molecular weight excluding hydrogens is 292 g/mol. The molecule has 6 nitrogen and oxygen atoms in total. The third-order valence-electron chi connectivity index (χ3n) is 3.95. The summed E-state index contributed by atoms with van der Waals surface area (Å²) in [7, 11) is 0. The number of nitrogens with zero attached hydrogens (tertiary/aromatic N) is 2. The zero-order valence-electron chi connectivity index (χ0n) is 14.6. The molecule has 0 saturated heterocycles. The number of alkyl carbamates (subject to hydrolysis) is 1.